The van der Waals surface area contributed by atoms with E-state index in [-0.39, 0.29) is 6.04 Å². The minimum atomic E-state index is -1.60. The number of ether oxygens (including phenoxy) is 4. The van der Waals surface area contributed by atoms with E-state index in [0.29, 0.717) is 12.0 Å². The number of carbonyl (C=O) groups is 1. The Balaban J connectivity index is 1.45. The third kappa shape index (κ3) is 5.00. The van der Waals surface area contributed by atoms with Crippen molar-refractivity contribution in [1.82, 2.24) is 9.88 Å². The van der Waals surface area contributed by atoms with Gasteiger partial charge in [-0.2, -0.15) is 0 Å². The average Bonchev–Trinajstić information content (AvgIpc) is 3.33. The summed E-state index contributed by atoms with van der Waals surface area (Å²) in [7, 11) is 3.35. The molecule has 9 atom stereocenters. The van der Waals surface area contributed by atoms with Crippen LogP contribution in [0.15, 0.2) is 48.8 Å². The molecule has 2 aromatic rings. The smallest absolute Gasteiger partial charge is 0.337 e. The Kier molecular flexibility index (Phi) is 8.11. The average molecular weight is 545 g/mol. The van der Waals surface area contributed by atoms with Gasteiger partial charge in [0.15, 0.2) is 6.29 Å². The van der Waals surface area contributed by atoms with Crippen LogP contribution >= 0.6 is 0 Å². The Hall–Kier alpha value is -2.77. The van der Waals surface area contributed by atoms with Crippen molar-refractivity contribution in [3.8, 4) is 0 Å². The molecule has 0 amide bonds. The van der Waals surface area contributed by atoms with Gasteiger partial charge in [-0.3, -0.25) is 4.90 Å². The van der Waals surface area contributed by atoms with Gasteiger partial charge in [0.25, 0.3) is 0 Å². The minimum Gasteiger partial charge on any atom is -0.471 e. The number of hydrogen-bond donors (Lipinski definition) is 5. The molecule has 0 bridgehead atoms. The normalized spacial score (nSPS) is 35.1. The molecule has 0 spiro atoms. The number of aromatic amines is 1. The molecule has 39 heavy (non-hydrogen) atoms. The summed E-state index contributed by atoms with van der Waals surface area (Å²) in [6.07, 6.45) is -3.95. The van der Waals surface area contributed by atoms with Gasteiger partial charge in [-0.15, -0.1) is 6.58 Å². The van der Waals surface area contributed by atoms with Crippen molar-refractivity contribution < 1.29 is 44.2 Å². The first-order valence-electron chi connectivity index (χ1n) is 13.1. The fourth-order valence-corrected chi connectivity index (χ4v) is 6.00. The SMILES string of the molecule is C=C[C@H]1[C@H](O[C@@H]2O[C@H](CO)[C@@H](O)[C@H](O)[C@H]2O)OC=C(C(=O)OC)[C@H]1C[C@H]1c2[nH]c3ccccc3c2CCN1C. The van der Waals surface area contributed by atoms with Crippen molar-refractivity contribution in [3.05, 3.63) is 60.0 Å². The maximum Gasteiger partial charge on any atom is 0.337 e. The van der Waals surface area contributed by atoms with Gasteiger partial charge in [0, 0.05) is 35.0 Å². The van der Waals surface area contributed by atoms with Crippen LogP contribution in [0.25, 0.3) is 10.9 Å². The van der Waals surface area contributed by atoms with Gasteiger partial charge in [0.2, 0.25) is 6.29 Å². The molecule has 0 aliphatic carbocycles. The van der Waals surface area contributed by atoms with Crippen molar-refractivity contribution >= 4 is 16.9 Å². The minimum absolute atomic E-state index is 0.0623. The fraction of sp³-hybridized carbons (Fsp3) is 0.536. The van der Waals surface area contributed by atoms with Crippen molar-refractivity contribution in [1.29, 1.82) is 0 Å². The van der Waals surface area contributed by atoms with Gasteiger partial charge >= 0.3 is 5.97 Å². The summed E-state index contributed by atoms with van der Waals surface area (Å²) in [5.74, 6) is -1.54. The topological polar surface area (TPSA) is 154 Å². The molecular weight excluding hydrogens is 508 g/mol. The molecule has 3 aliphatic heterocycles. The van der Waals surface area contributed by atoms with Crippen molar-refractivity contribution in [2.24, 2.45) is 11.8 Å². The second-order valence-electron chi connectivity index (χ2n) is 10.4. The molecule has 11 heteroatoms. The van der Waals surface area contributed by atoms with E-state index in [2.05, 4.69) is 28.6 Å². The first-order chi connectivity index (χ1) is 18.8. The predicted octanol–water partition coefficient (Wildman–Crippen LogP) is 0.735. The maximum atomic E-state index is 12.8. The monoisotopic (exact) mass is 544 g/mol. The van der Waals surface area contributed by atoms with Gasteiger partial charge in [-0.1, -0.05) is 24.3 Å². The van der Waals surface area contributed by atoms with Crippen LogP contribution in [0.5, 0.6) is 0 Å². The lowest BCUT2D eigenvalue weighted by molar-refractivity contribution is -0.339. The number of nitrogens with zero attached hydrogens (tertiary/aromatic N) is 1. The highest BCUT2D eigenvalue weighted by Gasteiger charge is 2.48. The van der Waals surface area contributed by atoms with Crippen molar-refractivity contribution in [3.63, 3.8) is 0 Å². The summed E-state index contributed by atoms with van der Waals surface area (Å²) in [6, 6.07) is 8.12. The third-order valence-corrected chi connectivity index (χ3v) is 8.22. The van der Waals surface area contributed by atoms with Gasteiger partial charge in [0.1, 0.15) is 24.4 Å². The number of aliphatic hydroxyl groups is 4. The molecule has 5 rings (SSSR count). The number of methoxy groups -OCH3 is 1. The summed E-state index contributed by atoms with van der Waals surface area (Å²) in [5.41, 5.74) is 3.73. The number of aromatic nitrogens is 1. The summed E-state index contributed by atoms with van der Waals surface area (Å²) >= 11 is 0. The number of H-pyrrole nitrogens is 1. The molecule has 212 valence electrons. The van der Waals surface area contributed by atoms with E-state index < -0.39 is 61.4 Å². The van der Waals surface area contributed by atoms with E-state index >= 15 is 0 Å². The molecule has 11 nitrogen and oxygen atoms in total. The highest BCUT2D eigenvalue weighted by molar-refractivity contribution is 5.89. The zero-order valence-electron chi connectivity index (χ0n) is 22.0. The summed E-state index contributed by atoms with van der Waals surface area (Å²) in [4.78, 5) is 18.7. The number of carbonyl (C=O) groups excluding carboxylic acids is 1. The number of hydrogen-bond acceptors (Lipinski definition) is 10. The molecule has 1 fully saturated rings. The van der Waals surface area contributed by atoms with E-state index in [1.807, 2.05) is 19.2 Å². The molecule has 0 unspecified atom stereocenters. The van der Waals surface area contributed by atoms with Crippen molar-refractivity contribution in [2.45, 2.75) is 55.9 Å². The molecule has 5 N–H and O–H groups in total. The summed E-state index contributed by atoms with van der Waals surface area (Å²) in [5, 5.41) is 41.6. The first kappa shape index (κ1) is 27.8. The lowest BCUT2D eigenvalue weighted by Gasteiger charge is -2.44. The number of esters is 1. The number of para-hydroxylation sites is 1. The Morgan fingerprint density at radius 3 is 2.69 bits per heavy atom. The largest absolute Gasteiger partial charge is 0.471 e. The first-order valence-corrected chi connectivity index (χ1v) is 13.1. The number of nitrogens with one attached hydrogen (secondary N) is 1. The van der Waals surface area contributed by atoms with Crippen LogP contribution in [-0.2, 0) is 30.2 Å². The van der Waals surface area contributed by atoms with E-state index in [4.69, 9.17) is 18.9 Å². The summed E-state index contributed by atoms with van der Waals surface area (Å²) in [6.45, 7) is 4.22. The predicted molar refractivity (Wildman–Crippen MR) is 139 cm³/mol. The van der Waals surface area contributed by atoms with E-state index in [1.54, 1.807) is 6.08 Å². The highest BCUT2D eigenvalue weighted by Crippen LogP contribution is 2.44. The maximum absolute atomic E-state index is 12.8. The van der Waals surface area contributed by atoms with Crippen LogP contribution in [0.1, 0.15) is 23.7 Å². The van der Waals surface area contributed by atoms with Crippen LogP contribution < -0.4 is 0 Å². The molecule has 1 aromatic heterocycles. The van der Waals surface area contributed by atoms with Crippen LogP contribution in [0.2, 0.25) is 0 Å². The Morgan fingerprint density at radius 2 is 1.97 bits per heavy atom. The van der Waals surface area contributed by atoms with Crippen molar-refractivity contribution in [2.75, 3.05) is 27.3 Å². The number of likely N-dealkylation sites (N-methyl/N-ethyl adjacent to an activating group) is 1. The van der Waals surface area contributed by atoms with Gasteiger partial charge in [0.05, 0.1) is 31.6 Å². The van der Waals surface area contributed by atoms with E-state index in [1.165, 1.54) is 24.3 Å². The molecule has 0 saturated carbocycles. The molecular formula is C28H36N2O9. The molecule has 3 aliphatic rings. The van der Waals surface area contributed by atoms with E-state index in [0.717, 1.165) is 24.2 Å². The number of benzene rings is 1. The molecule has 1 saturated heterocycles. The zero-order chi connectivity index (χ0) is 27.8. The van der Waals surface area contributed by atoms with E-state index in [9.17, 15) is 25.2 Å². The quantitative estimate of drug-likeness (QED) is 0.249. The third-order valence-electron chi connectivity index (χ3n) is 8.22. The summed E-state index contributed by atoms with van der Waals surface area (Å²) < 4.78 is 22.3. The second-order valence-corrected chi connectivity index (χ2v) is 10.4. The van der Waals surface area contributed by atoms with Gasteiger partial charge in [-0.25, -0.2) is 4.79 Å². The molecule has 0 radical (unpaired) electrons. The molecule has 1 aromatic carbocycles. The highest BCUT2D eigenvalue weighted by atomic mass is 16.8. The standard InChI is InChI=1S/C28H36N2O9/c1-4-14-17(11-20-22-16(9-10-30(20)2)15-7-5-6-8-19(15)29-22)18(26(35)36-3)13-37-27(14)39-28-25(34)24(33)23(32)21(12-31)38-28/h4-8,13-14,17,20-21,23-25,27-29,31-34H,1,9-12H2,2-3H3/t14-,17+,20+,21-,23-,24+,25-,27+,28+/m1/s1. The second kappa shape index (κ2) is 11.4. The van der Waals surface area contributed by atoms with Gasteiger partial charge in [-0.05, 0) is 31.5 Å². The van der Waals surface area contributed by atoms with Crippen LogP contribution in [0.4, 0.5) is 0 Å². The lowest BCUT2D eigenvalue weighted by Crippen LogP contribution is -2.60. The van der Waals surface area contributed by atoms with Crippen LogP contribution in [0.3, 0.4) is 0 Å². The zero-order valence-corrected chi connectivity index (χ0v) is 22.0. The fourth-order valence-electron chi connectivity index (χ4n) is 6.00. The Bertz CT molecular complexity index is 1230. The van der Waals surface area contributed by atoms with Gasteiger partial charge < -0.3 is 44.4 Å². The Labute approximate surface area is 226 Å². The Morgan fingerprint density at radius 1 is 1.21 bits per heavy atom. The lowest BCUT2D eigenvalue weighted by atomic mass is 9.78. The number of fused-ring (bicyclic) bond motifs is 3. The van der Waals surface area contributed by atoms with Crippen LogP contribution in [-0.4, -0.2) is 101 Å². The number of rotatable bonds is 7. The number of aliphatic hydroxyl groups excluding tert-OH is 4. The molecule has 4 heterocycles. The van der Waals surface area contributed by atoms with Crippen LogP contribution in [0, 0.1) is 11.8 Å².